The highest BCUT2D eigenvalue weighted by molar-refractivity contribution is 7.55. The van der Waals surface area contributed by atoms with Gasteiger partial charge in [-0.3, -0.25) is 71.5 Å². The molecule has 0 spiro atoms. The maximum absolute atomic E-state index is 13.8. The lowest BCUT2D eigenvalue weighted by atomic mass is 10.1. The zero-order valence-corrected chi connectivity index (χ0v) is 76.5. The van der Waals surface area contributed by atoms with Crippen molar-refractivity contribution in [3.05, 3.63) is 236 Å². The van der Waals surface area contributed by atoms with Crippen LogP contribution in [0.3, 0.4) is 0 Å². The highest BCUT2D eigenvalue weighted by atomic mass is 31.2. The summed E-state index contributed by atoms with van der Waals surface area (Å²) in [5.41, 5.74) is 35.4. The van der Waals surface area contributed by atoms with Crippen LogP contribution in [0, 0.1) is 33.2 Å². The van der Waals surface area contributed by atoms with Crippen molar-refractivity contribution in [3.8, 4) is 28.7 Å². The number of aromatic nitrogens is 20. The molecule has 0 aliphatic carbocycles. The van der Waals surface area contributed by atoms with E-state index in [1.54, 1.807) is 59.2 Å². The Bertz CT molecular complexity index is 7350. The van der Waals surface area contributed by atoms with Crippen molar-refractivity contribution in [1.29, 1.82) is 0 Å². The largest absolute Gasteiger partial charge is 0.434 e. The number of nitrogens with two attached hydrogens (primary N) is 5. The van der Waals surface area contributed by atoms with E-state index in [1.165, 1.54) is 43.8 Å². The molecule has 15 heterocycles. The first-order valence-electron chi connectivity index (χ1n) is 40.9. The molecule has 712 valence electrons. The van der Waals surface area contributed by atoms with Crippen LogP contribution in [0.25, 0.3) is 60.7 Å². The quantitative estimate of drug-likeness (QED) is 0.0145. The Hall–Kier alpha value is -14.0. The first-order chi connectivity index (χ1) is 65.3. The number of nitrogen functional groups attached to an aromatic ring is 5. The summed E-state index contributed by atoms with van der Waals surface area (Å²) < 4.78 is 167. The minimum atomic E-state index is -3.62. The number of para-hydroxylation sites is 3. The maximum Gasteiger partial charge on any atom is 0.405 e. The van der Waals surface area contributed by atoms with Crippen molar-refractivity contribution in [1.82, 2.24) is 97.6 Å². The van der Waals surface area contributed by atoms with E-state index >= 15 is 0 Å². The average molecular weight is 1970 g/mol. The average Bonchev–Trinajstić information content (AvgIpc) is 1.79. The molecular formula is C79H84FN26O25P5. The summed E-state index contributed by atoms with van der Waals surface area (Å²) in [6, 6.07) is 26.3. The Balaban J connectivity index is 0.000000123. The van der Waals surface area contributed by atoms with E-state index in [-0.39, 0.29) is 179 Å². The molecule has 5 aliphatic rings. The summed E-state index contributed by atoms with van der Waals surface area (Å²) in [6.45, 7) is 16.2. The number of imidazole rings is 5. The lowest BCUT2D eigenvalue weighted by molar-refractivity contribution is 0.131. The lowest BCUT2D eigenvalue weighted by Gasteiger charge is -2.26. The SMILES string of the molecule is Cc1ccc2c(c1)COP(=O)(COCCn1cnc3c(=O)[nH]c(N)nc31)O2.Cc1ccc2c(c1)COP(=O)(COCCn1cnc3c(=O)[nH]c(N)nc31)O2.Cc1cccc2c1OP(=O)(COCCn1cnc3c(=O)[nH]c(N)nc31)OC2.Nc1nc2c(ncn2CCOCP2(=O)OCc3cccc(F)c3O2)c(=O)[nH]1.[C-]#[N+]c1cccc2c1OP(=O)(COCCn1cnc3c(=O)[nH]c(N)nc31)OC2. The molecule has 57 heteroatoms. The molecule has 20 rings (SSSR count). The number of nitrogens with one attached hydrogen (secondary N) is 5. The summed E-state index contributed by atoms with van der Waals surface area (Å²) in [4.78, 5) is 114. The predicted molar refractivity (Wildman–Crippen MR) is 485 cm³/mol. The Morgan fingerprint density at radius 1 is 0.368 bits per heavy atom. The van der Waals surface area contributed by atoms with Gasteiger partial charge in [-0.1, -0.05) is 83.9 Å². The van der Waals surface area contributed by atoms with Crippen molar-refractivity contribution < 1.29 is 96.1 Å². The molecule has 0 saturated carbocycles. The molecule has 5 unspecified atom stereocenters. The molecule has 136 heavy (non-hydrogen) atoms. The second-order valence-corrected chi connectivity index (χ2v) is 39.9. The van der Waals surface area contributed by atoms with E-state index in [1.807, 2.05) is 63.2 Å². The molecule has 10 aromatic heterocycles. The van der Waals surface area contributed by atoms with E-state index in [2.05, 4.69) is 79.6 Å². The number of aryl methyl sites for hydroxylation is 3. The molecule has 5 aliphatic heterocycles. The molecule has 5 atom stereocenters. The summed E-state index contributed by atoms with van der Waals surface area (Å²) in [5.74, 6) is 1.30. The second-order valence-electron chi connectivity index (χ2n) is 30.3. The molecule has 0 radical (unpaired) electrons. The summed E-state index contributed by atoms with van der Waals surface area (Å²) in [7, 11) is -17.3. The Kier molecular flexibility index (Phi) is 28.5. The van der Waals surface area contributed by atoms with Gasteiger partial charge in [0.1, 0.15) is 23.0 Å². The van der Waals surface area contributed by atoms with E-state index in [9.17, 15) is 51.2 Å². The van der Waals surface area contributed by atoms with Gasteiger partial charge in [0.15, 0.2) is 99.1 Å². The van der Waals surface area contributed by atoms with Crippen molar-refractivity contribution in [3.63, 3.8) is 0 Å². The summed E-state index contributed by atoms with van der Waals surface area (Å²) in [6.07, 6.45) is 6.15. The molecule has 0 fully saturated rings. The van der Waals surface area contributed by atoms with Crippen LogP contribution < -0.4 is 79.1 Å². The molecule has 0 amide bonds. The van der Waals surface area contributed by atoms with Gasteiger partial charge in [0.05, 0.1) is 104 Å². The number of ether oxygens (including phenoxy) is 5. The molecular weight excluding hydrogens is 1890 g/mol. The lowest BCUT2D eigenvalue weighted by Crippen LogP contribution is -2.15. The van der Waals surface area contributed by atoms with Crippen LogP contribution in [0.1, 0.15) is 44.5 Å². The second kappa shape index (κ2) is 40.7. The smallest absolute Gasteiger partial charge is 0.405 e. The number of fused-ring (bicyclic) bond motifs is 10. The highest BCUT2D eigenvalue weighted by Crippen LogP contribution is 2.59. The summed E-state index contributed by atoms with van der Waals surface area (Å²) >= 11 is 0. The van der Waals surface area contributed by atoms with Gasteiger partial charge in [0.2, 0.25) is 35.4 Å². The molecule has 0 saturated heterocycles. The van der Waals surface area contributed by atoms with Crippen LogP contribution in [0.15, 0.2) is 147 Å². The Morgan fingerprint density at radius 2 is 0.640 bits per heavy atom. The molecule has 15 aromatic rings. The minimum absolute atomic E-state index is 0.0112. The van der Waals surface area contributed by atoms with Crippen molar-refractivity contribution in [2.45, 2.75) is 86.5 Å². The summed E-state index contributed by atoms with van der Waals surface area (Å²) in [5, 5.41) is 0. The molecule has 0 bridgehead atoms. The monoisotopic (exact) mass is 1970 g/mol. The number of aromatic amines is 5. The predicted octanol–water partition coefficient (Wildman–Crippen LogP) is 9.01. The molecule has 15 N–H and O–H groups in total. The fourth-order valence-corrected chi connectivity index (χ4v) is 20.6. The van der Waals surface area contributed by atoms with Crippen LogP contribution in [-0.4, -0.2) is 162 Å². The number of anilines is 5. The van der Waals surface area contributed by atoms with Gasteiger partial charge in [-0.05, 0) is 44.5 Å². The van der Waals surface area contributed by atoms with Gasteiger partial charge in [-0.15, -0.1) is 0 Å². The number of benzene rings is 5. The van der Waals surface area contributed by atoms with Crippen LogP contribution >= 0.6 is 38.0 Å². The van der Waals surface area contributed by atoms with Crippen molar-refractivity contribution >= 4 is 129 Å². The third-order valence-electron chi connectivity index (χ3n) is 20.3. The number of H-pyrrole nitrogens is 5. The fraction of sp³-hybridized carbons (Fsp3) is 0.291. The number of rotatable bonds is 25. The highest BCUT2D eigenvalue weighted by Gasteiger charge is 2.39. The number of nitrogens with zero attached hydrogens (tertiary/aromatic N) is 16. The van der Waals surface area contributed by atoms with Crippen LogP contribution in [0.4, 0.5) is 39.8 Å². The third kappa shape index (κ3) is 22.3. The van der Waals surface area contributed by atoms with Gasteiger partial charge in [-0.25, -0.2) is 57.0 Å². The third-order valence-corrected chi connectivity index (χ3v) is 27.8. The van der Waals surface area contributed by atoms with E-state index in [0.29, 0.717) is 82.8 Å². The zero-order valence-electron chi connectivity index (χ0n) is 72.1. The van der Waals surface area contributed by atoms with Crippen LogP contribution in [0.2, 0.25) is 0 Å². The normalized spacial score (nSPS) is 18.9. The Morgan fingerprint density at radius 3 is 0.963 bits per heavy atom. The maximum atomic E-state index is 13.8. The topological polar surface area (TPSA) is 676 Å². The van der Waals surface area contributed by atoms with Crippen LogP contribution in [0.5, 0.6) is 28.7 Å². The van der Waals surface area contributed by atoms with Crippen molar-refractivity contribution in [2.24, 2.45) is 0 Å². The van der Waals surface area contributed by atoms with Gasteiger partial charge >= 0.3 is 38.0 Å². The van der Waals surface area contributed by atoms with Gasteiger partial charge in [0, 0.05) is 60.5 Å². The van der Waals surface area contributed by atoms with Crippen LogP contribution in [-0.2, 0) is 135 Å². The molecule has 51 nitrogen and oxygen atoms in total. The first-order valence-corrected chi connectivity index (χ1v) is 49.5. The standard InChI is InChI=1S/C16H15N6O5P.3C16H18N5O5P.C15H15FN5O5P/c1-18-11-4-2-3-10-7-26-28(24,27-13(10)11)9-25-6-5-22-8-19-12-14(22)20-16(17)21-15(12)23;2*1-10-2-3-12-11(6-10)7-25-27(23,26-12)9-24-5-4-21-8-18-13-14(21)19-16(17)20-15(13)22;1-10-3-2-4-11-7-25-27(23,26-13(10)11)9-24-6-5-21-8-18-12-14(21)19-16(17)20-15(12)22;16-10-3-1-2-9-6-25-27(23,26-12(9)10)8-24-5-4-21-7-18-11-13(21)19-15(17)20-14(11)22/h2-4,8H,5-7,9H2,(H3,17,20,21,23);2*2-3,6,8H,4-5,7,9H2,1H3,(H3,17,19,20,22);2-4,8H,5-7,9H2,1H3,(H3,17,19,20,22);1-3,7H,4-6,8H2,(H3,17,19,20,22). The Labute approximate surface area is 764 Å². The number of hydrogen-bond acceptors (Lipinski definition) is 40. The van der Waals surface area contributed by atoms with E-state index < -0.39 is 71.6 Å². The van der Waals surface area contributed by atoms with Crippen molar-refractivity contribution in [2.75, 3.05) is 93.4 Å². The molecule has 5 aromatic carbocycles. The van der Waals surface area contributed by atoms with Gasteiger partial charge in [-0.2, -0.15) is 24.9 Å². The minimum Gasteiger partial charge on any atom is -0.434 e. The number of hydrogen-bond donors (Lipinski definition) is 10. The fourth-order valence-electron chi connectivity index (χ4n) is 13.8. The van der Waals surface area contributed by atoms with E-state index in [0.717, 1.165) is 33.4 Å². The van der Waals surface area contributed by atoms with Gasteiger partial charge in [0.25, 0.3) is 27.8 Å². The van der Waals surface area contributed by atoms with E-state index in [4.69, 9.17) is 104 Å². The van der Waals surface area contributed by atoms with Gasteiger partial charge < -0.3 is 97.8 Å². The zero-order chi connectivity index (χ0) is 95.8. The number of halogens is 1. The first kappa shape index (κ1) is 95.2.